The fraction of sp³-hybridized carbons (Fsp3) is 0.800. The van der Waals surface area contributed by atoms with E-state index in [1.165, 1.54) is 50.2 Å². The zero-order valence-corrected chi connectivity index (χ0v) is 12.7. The van der Waals surface area contributed by atoms with E-state index in [4.69, 9.17) is 0 Å². The molecule has 1 aromatic rings. The molecule has 0 spiro atoms. The van der Waals surface area contributed by atoms with E-state index in [2.05, 4.69) is 29.2 Å². The lowest BCUT2D eigenvalue weighted by atomic mass is 10.1. The third kappa shape index (κ3) is 4.32. The van der Waals surface area contributed by atoms with E-state index >= 15 is 0 Å². The van der Waals surface area contributed by atoms with Crippen molar-refractivity contribution in [2.45, 2.75) is 39.7 Å². The van der Waals surface area contributed by atoms with Crippen LogP contribution in [0.4, 0.5) is 0 Å². The molecule has 2 heterocycles. The molecule has 0 aromatic carbocycles. The van der Waals surface area contributed by atoms with Gasteiger partial charge < -0.3 is 10.2 Å². The Balaban J connectivity index is 1.66. The molecule has 4 heteroatoms. The fourth-order valence-corrected chi connectivity index (χ4v) is 2.82. The Labute approximate surface area is 117 Å². The van der Waals surface area contributed by atoms with E-state index in [-0.39, 0.29) is 0 Å². The van der Waals surface area contributed by atoms with Crippen LogP contribution in [0.1, 0.15) is 37.4 Å². The summed E-state index contributed by atoms with van der Waals surface area (Å²) in [5.41, 5.74) is 2.57. The minimum atomic E-state index is 0.718. The van der Waals surface area contributed by atoms with Crippen LogP contribution in [0.5, 0.6) is 0 Å². The third-order valence-electron chi connectivity index (χ3n) is 4.16. The third-order valence-corrected chi connectivity index (χ3v) is 4.16. The van der Waals surface area contributed by atoms with Gasteiger partial charge in [0.2, 0.25) is 0 Å². The van der Waals surface area contributed by atoms with Crippen LogP contribution < -0.4 is 5.32 Å². The van der Waals surface area contributed by atoms with Crippen LogP contribution in [-0.4, -0.2) is 40.9 Å². The number of nitrogens with zero attached hydrogens (tertiary/aromatic N) is 3. The van der Waals surface area contributed by atoms with Gasteiger partial charge in [0.25, 0.3) is 0 Å². The summed E-state index contributed by atoms with van der Waals surface area (Å²) >= 11 is 0. The van der Waals surface area contributed by atoms with Gasteiger partial charge in [-0.1, -0.05) is 13.3 Å². The molecule has 0 amide bonds. The van der Waals surface area contributed by atoms with Crippen molar-refractivity contribution in [3.05, 3.63) is 17.5 Å². The lowest BCUT2D eigenvalue weighted by Crippen LogP contribution is -2.36. The average molecular weight is 264 g/mol. The first-order valence-corrected chi connectivity index (χ1v) is 7.57. The van der Waals surface area contributed by atoms with Crippen LogP contribution in [0, 0.1) is 12.8 Å². The largest absolute Gasteiger partial charge is 0.312 e. The van der Waals surface area contributed by atoms with Crippen molar-refractivity contribution >= 4 is 0 Å². The molecular formula is C15H28N4. The highest BCUT2D eigenvalue weighted by Crippen LogP contribution is 2.11. The molecule has 1 N–H and O–H groups in total. The average Bonchev–Trinajstić information content (AvgIpc) is 2.72. The molecule has 1 fully saturated rings. The molecule has 0 bridgehead atoms. The van der Waals surface area contributed by atoms with E-state index in [0.29, 0.717) is 0 Å². The number of hydrogen-bond donors (Lipinski definition) is 1. The fourth-order valence-electron chi connectivity index (χ4n) is 2.82. The van der Waals surface area contributed by atoms with Gasteiger partial charge in [0, 0.05) is 31.4 Å². The number of aromatic nitrogens is 2. The second-order valence-electron chi connectivity index (χ2n) is 5.98. The van der Waals surface area contributed by atoms with Crippen LogP contribution in [0.15, 0.2) is 6.20 Å². The van der Waals surface area contributed by atoms with E-state index in [9.17, 15) is 0 Å². The maximum absolute atomic E-state index is 4.28. The molecule has 1 aliphatic heterocycles. The van der Waals surface area contributed by atoms with Gasteiger partial charge in [-0.25, -0.2) is 0 Å². The van der Waals surface area contributed by atoms with Crippen molar-refractivity contribution in [3.8, 4) is 0 Å². The smallest absolute Gasteiger partial charge is 0.0537 e. The molecule has 2 rings (SSSR count). The highest BCUT2D eigenvalue weighted by atomic mass is 15.3. The molecule has 19 heavy (non-hydrogen) atoms. The van der Waals surface area contributed by atoms with Gasteiger partial charge in [-0.05, 0) is 45.3 Å². The van der Waals surface area contributed by atoms with Crippen molar-refractivity contribution in [2.75, 3.05) is 26.2 Å². The van der Waals surface area contributed by atoms with Gasteiger partial charge in [-0.15, -0.1) is 0 Å². The van der Waals surface area contributed by atoms with E-state index < -0.39 is 0 Å². The van der Waals surface area contributed by atoms with E-state index in [0.717, 1.165) is 19.0 Å². The first kappa shape index (κ1) is 14.5. The molecule has 108 valence electrons. The molecule has 1 aromatic heterocycles. The Morgan fingerprint density at radius 1 is 1.32 bits per heavy atom. The Morgan fingerprint density at radius 2 is 2.05 bits per heavy atom. The summed E-state index contributed by atoms with van der Waals surface area (Å²) < 4.78 is 1.94. The first-order valence-electron chi connectivity index (χ1n) is 7.57. The lowest BCUT2D eigenvalue weighted by Gasteiger charge is -2.29. The maximum atomic E-state index is 4.28. The molecular weight excluding hydrogens is 236 g/mol. The molecule has 0 radical (unpaired) electrons. The second-order valence-corrected chi connectivity index (χ2v) is 5.98. The van der Waals surface area contributed by atoms with Gasteiger partial charge in [0.1, 0.15) is 0 Å². The number of aryl methyl sites for hydroxylation is 1. The Kier molecular flexibility index (Phi) is 5.40. The zero-order chi connectivity index (χ0) is 13.7. The SMILES string of the molecule is Cc1c(CNCC(C)CN2CCCCC2)cnn1C. The van der Waals surface area contributed by atoms with Crippen LogP contribution in [0.2, 0.25) is 0 Å². The number of rotatable bonds is 6. The lowest BCUT2D eigenvalue weighted by molar-refractivity contribution is 0.199. The summed E-state index contributed by atoms with van der Waals surface area (Å²) in [4.78, 5) is 2.62. The molecule has 1 atom stereocenters. The quantitative estimate of drug-likeness (QED) is 0.852. The standard InChI is InChI=1S/C15H28N4/c1-13(12-19-7-5-4-6-8-19)9-16-10-15-11-17-18(3)14(15)2/h11,13,16H,4-10,12H2,1-3H3. The molecule has 4 nitrogen and oxygen atoms in total. The molecule has 1 unspecified atom stereocenters. The topological polar surface area (TPSA) is 33.1 Å². The Morgan fingerprint density at radius 3 is 2.68 bits per heavy atom. The normalized spacial score (nSPS) is 18.7. The maximum Gasteiger partial charge on any atom is 0.0537 e. The number of nitrogens with one attached hydrogen (secondary N) is 1. The van der Waals surface area contributed by atoms with E-state index in [1.807, 2.05) is 17.9 Å². The van der Waals surface area contributed by atoms with Crippen molar-refractivity contribution in [1.29, 1.82) is 0 Å². The highest BCUT2D eigenvalue weighted by Gasteiger charge is 2.13. The van der Waals surface area contributed by atoms with Gasteiger partial charge >= 0.3 is 0 Å². The second kappa shape index (κ2) is 7.06. The van der Waals surface area contributed by atoms with Gasteiger partial charge in [0.05, 0.1) is 6.20 Å². The predicted molar refractivity (Wildman–Crippen MR) is 79.1 cm³/mol. The summed E-state index contributed by atoms with van der Waals surface area (Å²) in [6, 6.07) is 0. The number of likely N-dealkylation sites (tertiary alicyclic amines) is 1. The van der Waals surface area contributed by atoms with Gasteiger partial charge in [0.15, 0.2) is 0 Å². The summed E-state index contributed by atoms with van der Waals surface area (Å²) in [5, 5.41) is 7.84. The van der Waals surface area contributed by atoms with Crippen molar-refractivity contribution < 1.29 is 0 Å². The molecule has 0 saturated carbocycles. The van der Waals surface area contributed by atoms with Crippen molar-refractivity contribution in [3.63, 3.8) is 0 Å². The van der Waals surface area contributed by atoms with Crippen molar-refractivity contribution in [1.82, 2.24) is 20.0 Å². The zero-order valence-electron chi connectivity index (χ0n) is 12.7. The summed E-state index contributed by atoms with van der Waals surface area (Å²) in [5.74, 6) is 0.718. The minimum Gasteiger partial charge on any atom is -0.312 e. The summed E-state index contributed by atoms with van der Waals surface area (Å²) in [7, 11) is 2.00. The minimum absolute atomic E-state index is 0.718. The Bertz CT molecular complexity index is 379. The van der Waals surface area contributed by atoms with Crippen LogP contribution in [0.25, 0.3) is 0 Å². The van der Waals surface area contributed by atoms with Crippen molar-refractivity contribution in [2.24, 2.45) is 13.0 Å². The van der Waals surface area contributed by atoms with Crippen LogP contribution in [-0.2, 0) is 13.6 Å². The number of hydrogen-bond acceptors (Lipinski definition) is 3. The molecule has 1 aliphatic rings. The van der Waals surface area contributed by atoms with Gasteiger partial charge in [-0.3, -0.25) is 4.68 Å². The monoisotopic (exact) mass is 264 g/mol. The predicted octanol–water partition coefficient (Wildman–Crippen LogP) is 1.94. The molecule has 0 aliphatic carbocycles. The summed E-state index contributed by atoms with van der Waals surface area (Å²) in [6.45, 7) is 10.3. The first-order chi connectivity index (χ1) is 9.16. The van der Waals surface area contributed by atoms with E-state index in [1.54, 1.807) is 0 Å². The Hall–Kier alpha value is -0.870. The van der Waals surface area contributed by atoms with Crippen LogP contribution >= 0.6 is 0 Å². The number of piperidine rings is 1. The van der Waals surface area contributed by atoms with Gasteiger partial charge in [-0.2, -0.15) is 5.10 Å². The molecule has 1 saturated heterocycles. The summed E-state index contributed by atoms with van der Waals surface area (Å²) in [6.07, 6.45) is 6.16. The van der Waals surface area contributed by atoms with Crippen LogP contribution in [0.3, 0.4) is 0 Å². The highest BCUT2D eigenvalue weighted by molar-refractivity contribution is 5.15.